The van der Waals surface area contributed by atoms with Crippen LogP contribution in [0.2, 0.25) is 0 Å². The highest BCUT2D eigenvalue weighted by Gasteiger charge is 2.11. The molecule has 2 amide bonds. The minimum Gasteiger partial charge on any atom is -0.449 e. The van der Waals surface area contributed by atoms with E-state index < -0.39 is 12.2 Å². The number of nitrogens with one attached hydrogen (secondary N) is 2. The predicted molar refractivity (Wildman–Crippen MR) is 186 cm³/mol. The summed E-state index contributed by atoms with van der Waals surface area (Å²) in [5.41, 5.74) is 0. The zero-order valence-corrected chi connectivity index (χ0v) is 29.5. The van der Waals surface area contributed by atoms with Gasteiger partial charge in [0, 0.05) is 49.3 Å². The maximum absolute atomic E-state index is 12.2. The molecule has 1 aromatic heterocycles. The van der Waals surface area contributed by atoms with E-state index in [1.165, 1.54) is 51.4 Å². The van der Waals surface area contributed by atoms with Gasteiger partial charge in [-0.15, -0.1) is 0 Å². The molecular weight excluding hydrogens is 611 g/mol. The number of likely N-dealkylation sites (N-methyl/N-ethyl adjacent to an activating group) is 1. The van der Waals surface area contributed by atoms with Crippen LogP contribution in [0.4, 0.5) is 21.4 Å². The SMILES string of the molecule is CCCC[C@@H](CC)CSSCCOC(=O)Nc1nccc(N(C)CCNC(=O)OCCSSC[C@@H](CC)CCCC)n1. The number of anilines is 2. The third-order valence-electron chi connectivity index (χ3n) is 6.62. The number of nitrogens with zero attached hydrogens (tertiary/aromatic N) is 3. The molecule has 242 valence electrons. The summed E-state index contributed by atoms with van der Waals surface area (Å²) >= 11 is 0. The lowest BCUT2D eigenvalue weighted by atomic mass is 10.0. The van der Waals surface area contributed by atoms with E-state index in [-0.39, 0.29) is 5.95 Å². The molecule has 0 bridgehead atoms. The van der Waals surface area contributed by atoms with Crippen molar-refractivity contribution < 1.29 is 19.1 Å². The Morgan fingerprint density at radius 3 is 2.00 bits per heavy atom. The molecule has 2 atom stereocenters. The molecule has 0 saturated heterocycles. The molecule has 0 aliphatic rings. The zero-order chi connectivity index (χ0) is 30.8. The Hall–Kier alpha value is -1.18. The Labute approximate surface area is 270 Å². The third-order valence-corrected chi connectivity index (χ3v) is 11.7. The molecule has 0 aromatic carbocycles. The Morgan fingerprint density at radius 2 is 1.45 bits per heavy atom. The number of rotatable bonds is 25. The van der Waals surface area contributed by atoms with E-state index in [0.29, 0.717) is 32.1 Å². The van der Waals surface area contributed by atoms with Gasteiger partial charge in [-0.25, -0.2) is 14.6 Å². The molecule has 0 aliphatic carbocycles. The van der Waals surface area contributed by atoms with Crippen LogP contribution in [-0.2, 0) is 9.47 Å². The number of hydrogen-bond acceptors (Lipinski definition) is 11. The van der Waals surface area contributed by atoms with Crippen LogP contribution in [0.1, 0.15) is 79.1 Å². The van der Waals surface area contributed by atoms with Gasteiger partial charge in [0.15, 0.2) is 0 Å². The molecule has 0 fully saturated rings. The first-order valence-corrected chi connectivity index (χ1v) is 20.3. The summed E-state index contributed by atoms with van der Waals surface area (Å²) < 4.78 is 10.6. The van der Waals surface area contributed by atoms with Crippen molar-refractivity contribution in [2.75, 3.05) is 66.6 Å². The monoisotopic (exact) mass is 663 g/mol. The van der Waals surface area contributed by atoms with Gasteiger partial charge in [-0.1, -0.05) is 109 Å². The normalized spacial score (nSPS) is 12.4. The number of carbonyl (C=O) groups excluding carboxylic acids is 2. The molecule has 13 heteroatoms. The summed E-state index contributed by atoms with van der Waals surface area (Å²) in [4.78, 5) is 34.5. The number of unbranched alkanes of at least 4 members (excludes halogenated alkanes) is 2. The lowest BCUT2D eigenvalue weighted by Gasteiger charge is -2.18. The summed E-state index contributed by atoms with van der Waals surface area (Å²) in [5.74, 6) is 6.12. The van der Waals surface area contributed by atoms with Gasteiger partial charge in [-0.05, 0) is 30.7 Å². The molecule has 0 spiro atoms. The Morgan fingerprint density at radius 1 is 0.881 bits per heavy atom. The van der Waals surface area contributed by atoms with Crippen molar-refractivity contribution in [1.82, 2.24) is 15.3 Å². The Bertz CT molecular complexity index is 843. The van der Waals surface area contributed by atoms with Crippen molar-refractivity contribution >= 4 is 67.1 Å². The number of alkyl carbamates (subject to hydrolysis) is 1. The third kappa shape index (κ3) is 19.9. The number of amides is 2. The van der Waals surface area contributed by atoms with Crippen molar-refractivity contribution in [3.8, 4) is 0 Å². The van der Waals surface area contributed by atoms with Crippen molar-refractivity contribution in [2.45, 2.75) is 79.1 Å². The van der Waals surface area contributed by atoms with Crippen molar-refractivity contribution in [1.29, 1.82) is 0 Å². The van der Waals surface area contributed by atoms with Crippen molar-refractivity contribution in [3.05, 3.63) is 12.3 Å². The molecule has 1 heterocycles. The van der Waals surface area contributed by atoms with E-state index in [0.717, 1.165) is 34.8 Å². The second-order valence-corrected chi connectivity index (χ2v) is 15.3. The smallest absolute Gasteiger partial charge is 0.414 e. The van der Waals surface area contributed by atoms with E-state index in [1.807, 2.05) is 33.5 Å². The zero-order valence-electron chi connectivity index (χ0n) is 26.2. The maximum atomic E-state index is 12.2. The van der Waals surface area contributed by atoms with Crippen LogP contribution >= 0.6 is 43.2 Å². The van der Waals surface area contributed by atoms with Crippen LogP contribution in [0, 0.1) is 11.8 Å². The van der Waals surface area contributed by atoms with Gasteiger partial charge >= 0.3 is 12.2 Å². The molecule has 1 aromatic rings. The molecule has 0 unspecified atom stereocenters. The first kappa shape index (κ1) is 38.8. The summed E-state index contributed by atoms with van der Waals surface area (Å²) in [6, 6.07) is 1.74. The van der Waals surface area contributed by atoms with Gasteiger partial charge in [0.2, 0.25) is 5.95 Å². The predicted octanol–water partition coefficient (Wildman–Crippen LogP) is 8.38. The molecule has 9 nitrogen and oxygen atoms in total. The van der Waals surface area contributed by atoms with Crippen LogP contribution in [0.15, 0.2) is 12.3 Å². The molecule has 0 aliphatic heterocycles. The summed E-state index contributed by atoms with van der Waals surface area (Å²) in [6.07, 6.45) is 10.7. The quantitative estimate of drug-likeness (QED) is 0.0778. The fraction of sp³-hybridized carbons (Fsp3) is 0.793. The minimum absolute atomic E-state index is 0.173. The average Bonchev–Trinajstić information content (AvgIpc) is 2.99. The van der Waals surface area contributed by atoms with Crippen LogP contribution in [0.3, 0.4) is 0 Å². The Balaban J connectivity index is 2.19. The maximum Gasteiger partial charge on any atom is 0.414 e. The summed E-state index contributed by atoms with van der Waals surface area (Å²) in [6.45, 7) is 10.6. The number of ether oxygens (including phenoxy) is 2. The molecule has 0 saturated carbocycles. The van der Waals surface area contributed by atoms with Crippen LogP contribution in [0.5, 0.6) is 0 Å². The van der Waals surface area contributed by atoms with E-state index in [1.54, 1.807) is 33.9 Å². The minimum atomic E-state index is -0.572. The summed E-state index contributed by atoms with van der Waals surface area (Å²) in [7, 11) is 9.08. The fourth-order valence-corrected chi connectivity index (χ4v) is 8.55. The lowest BCUT2D eigenvalue weighted by molar-refractivity contribution is 0.153. The fourth-order valence-electron chi connectivity index (χ4n) is 3.78. The lowest BCUT2D eigenvalue weighted by Crippen LogP contribution is -2.34. The van der Waals surface area contributed by atoms with Crippen LogP contribution < -0.4 is 15.5 Å². The van der Waals surface area contributed by atoms with Gasteiger partial charge < -0.3 is 19.7 Å². The average molecular weight is 664 g/mol. The second-order valence-electron chi connectivity index (χ2n) is 10.0. The van der Waals surface area contributed by atoms with Crippen molar-refractivity contribution in [3.63, 3.8) is 0 Å². The molecule has 2 N–H and O–H groups in total. The first-order chi connectivity index (χ1) is 20.4. The highest BCUT2D eigenvalue weighted by atomic mass is 33.1. The second kappa shape index (κ2) is 26.2. The molecular formula is C29H53N5O4S4. The van der Waals surface area contributed by atoms with Crippen LogP contribution in [0.25, 0.3) is 0 Å². The van der Waals surface area contributed by atoms with E-state index in [2.05, 4.69) is 48.3 Å². The Kier molecular flexibility index (Phi) is 24.3. The molecule has 0 radical (unpaired) electrons. The molecule has 1 rings (SSSR count). The van der Waals surface area contributed by atoms with Gasteiger partial charge in [0.05, 0.1) is 0 Å². The largest absolute Gasteiger partial charge is 0.449 e. The van der Waals surface area contributed by atoms with Gasteiger partial charge in [0.1, 0.15) is 19.0 Å². The van der Waals surface area contributed by atoms with Crippen molar-refractivity contribution in [2.24, 2.45) is 11.8 Å². The van der Waals surface area contributed by atoms with E-state index in [4.69, 9.17) is 9.47 Å². The topological polar surface area (TPSA) is 106 Å². The van der Waals surface area contributed by atoms with Gasteiger partial charge in [0.25, 0.3) is 0 Å². The summed E-state index contributed by atoms with van der Waals surface area (Å²) in [5, 5.41) is 5.36. The number of carbonyl (C=O) groups is 2. The highest BCUT2D eigenvalue weighted by Crippen LogP contribution is 2.28. The van der Waals surface area contributed by atoms with Gasteiger partial charge in [-0.3, -0.25) is 5.32 Å². The van der Waals surface area contributed by atoms with Crippen LogP contribution in [-0.4, -0.2) is 78.5 Å². The number of hydrogen-bond donors (Lipinski definition) is 2. The van der Waals surface area contributed by atoms with E-state index >= 15 is 0 Å². The van der Waals surface area contributed by atoms with Gasteiger partial charge in [-0.2, -0.15) is 4.98 Å². The number of aromatic nitrogens is 2. The highest BCUT2D eigenvalue weighted by molar-refractivity contribution is 8.77. The standard InChI is InChI=1S/C29H53N5O4S4/c1-6-10-12-24(8-3)22-41-39-20-18-37-28(35)31-16-17-34(5)26-14-15-30-27(32-26)33-29(36)38-19-21-40-42-23-25(9-4)13-11-7-2/h14-15,24-25H,6-13,16-23H2,1-5H3,(H,31,35)(H,30,32,33,36)/t24-,25+/m0/s1. The first-order valence-electron chi connectivity index (χ1n) is 15.3. The molecule has 42 heavy (non-hydrogen) atoms. The van der Waals surface area contributed by atoms with E-state index in [9.17, 15) is 9.59 Å².